The van der Waals surface area contributed by atoms with Gasteiger partial charge in [0.2, 0.25) is 5.91 Å². The van der Waals surface area contributed by atoms with Crippen LogP contribution in [0, 0.1) is 5.82 Å². The van der Waals surface area contributed by atoms with Crippen LogP contribution < -0.4 is 10.9 Å². The molecule has 0 spiro atoms. The zero-order valence-electron chi connectivity index (χ0n) is 12.9. The molecule has 0 aliphatic heterocycles. The smallest absolute Gasteiger partial charge is 0.267 e. The fraction of sp³-hybridized carbons (Fsp3) is 0.0556. The lowest BCUT2D eigenvalue weighted by atomic mass is 10.1. The summed E-state index contributed by atoms with van der Waals surface area (Å²) in [6, 6.07) is 15.4. The number of halogens is 2. The van der Waals surface area contributed by atoms with Gasteiger partial charge < -0.3 is 5.32 Å². The Balaban J connectivity index is 1.83. The zero-order valence-corrected chi connectivity index (χ0v) is 13.7. The summed E-state index contributed by atoms with van der Waals surface area (Å²) in [5, 5.41) is 7.19. The molecule has 0 radical (unpaired) electrons. The van der Waals surface area contributed by atoms with Crippen molar-refractivity contribution in [3.63, 3.8) is 0 Å². The first-order chi connectivity index (χ1) is 12.0. The molecule has 7 heteroatoms. The lowest BCUT2D eigenvalue weighted by molar-refractivity contribution is -0.117. The molecule has 1 heterocycles. The standard InChI is InChI=1S/C18H13ClFN3O2/c19-12-4-3-5-13(10-12)21-17(24)11-23-18(25)9-8-16(22-23)14-6-1-2-7-15(14)20/h1-10H,11H2,(H,21,24). The number of carbonyl (C=O) groups excluding carboxylic acids is 1. The van der Waals surface area contributed by atoms with E-state index in [0.29, 0.717) is 10.7 Å². The van der Waals surface area contributed by atoms with Gasteiger partial charge in [0.1, 0.15) is 12.4 Å². The minimum atomic E-state index is -0.457. The van der Waals surface area contributed by atoms with Gasteiger partial charge in [-0.15, -0.1) is 0 Å². The number of anilines is 1. The number of hydrogen-bond donors (Lipinski definition) is 1. The first-order valence-electron chi connectivity index (χ1n) is 7.41. The van der Waals surface area contributed by atoms with Crippen LogP contribution in [0.1, 0.15) is 0 Å². The number of hydrogen-bond acceptors (Lipinski definition) is 3. The average Bonchev–Trinajstić information content (AvgIpc) is 2.57. The van der Waals surface area contributed by atoms with Gasteiger partial charge in [-0.1, -0.05) is 29.8 Å². The van der Waals surface area contributed by atoms with Crippen LogP contribution >= 0.6 is 11.6 Å². The van der Waals surface area contributed by atoms with Gasteiger partial charge in [0, 0.05) is 22.3 Å². The van der Waals surface area contributed by atoms with E-state index in [2.05, 4.69) is 10.4 Å². The van der Waals surface area contributed by atoms with Gasteiger partial charge in [0.25, 0.3) is 5.56 Å². The molecule has 1 amide bonds. The summed E-state index contributed by atoms with van der Waals surface area (Å²) in [6.07, 6.45) is 0. The van der Waals surface area contributed by atoms with Crippen LogP contribution in [-0.2, 0) is 11.3 Å². The molecule has 126 valence electrons. The highest BCUT2D eigenvalue weighted by molar-refractivity contribution is 6.30. The molecule has 0 fully saturated rings. The summed E-state index contributed by atoms with van der Waals surface area (Å²) < 4.78 is 14.9. The van der Waals surface area contributed by atoms with Crippen LogP contribution in [-0.4, -0.2) is 15.7 Å². The Morgan fingerprint density at radius 3 is 2.68 bits per heavy atom. The molecule has 0 aliphatic rings. The maximum Gasteiger partial charge on any atom is 0.267 e. The molecule has 1 aromatic heterocycles. The molecule has 25 heavy (non-hydrogen) atoms. The highest BCUT2D eigenvalue weighted by Gasteiger charge is 2.10. The molecule has 0 saturated heterocycles. The third-order valence-corrected chi connectivity index (χ3v) is 3.65. The monoisotopic (exact) mass is 357 g/mol. The van der Waals surface area contributed by atoms with E-state index in [-0.39, 0.29) is 17.8 Å². The van der Waals surface area contributed by atoms with Crippen molar-refractivity contribution in [2.45, 2.75) is 6.54 Å². The van der Waals surface area contributed by atoms with Crippen molar-refractivity contribution in [3.05, 3.63) is 81.9 Å². The van der Waals surface area contributed by atoms with E-state index in [0.717, 1.165) is 4.68 Å². The van der Waals surface area contributed by atoms with E-state index in [1.165, 1.54) is 18.2 Å². The van der Waals surface area contributed by atoms with E-state index >= 15 is 0 Å². The number of carbonyl (C=O) groups is 1. The van der Waals surface area contributed by atoms with Crippen LogP contribution in [0.3, 0.4) is 0 Å². The van der Waals surface area contributed by atoms with Crippen LogP contribution in [0.15, 0.2) is 65.5 Å². The van der Waals surface area contributed by atoms with Crippen molar-refractivity contribution >= 4 is 23.2 Å². The van der Waals surface area contributed by atoms with Crippen LogP contribution in [0.2, 0.25) is 5.02 Å². The van der Waals surface area contributed by atoms with Crippen molar-refractivity contribution in [2.24, 2.45) is 0 Å². The van der Waals surface area contributed by atoms with Gasteiger partial charge in [0.15, 0.2) is 0 Å². The second-order valence-electron chi connectivity index (χ2n) is 5.25. The summed E-state index contributed by atoms with van der Waals surface area (Å²) in [6.45, 7) is -0.298. The molecular weight excluding hydrogens is 345 g/mol. The summed E-state index contributed by atoms with van der Waals surface area (Å²) in [5.41, 5.74) is 0.580. The maximum atomic E-state index is 13.9. The van der Waals surface area contributed by atoms with Gasteiger partial charge in [-0.05, 0) is 36.4 Å². The SMILES string of the molecule is O=C(Cn1nc(-c2ccccc2F)ccc1=O)Nc1cccc(Cl)c1. The van der Waals surface area contributed by atoms with Crippen molar-refractivity contribution in [2.75, 3.05) is 5.32 Å². The van der Waals surface area contributed by atoms with E-state index in [1.807, 2.05) is 0 Å². The van der Waals surface area contributed by atoms with Gasteiger partial charge >= 0.3 is 0 Å². The van der Waals surface area contributed by atoms with Crippen molar-refractivity contribution < 1.29 is 9.18 Å². The van der Waals surface area contributed by atoms with Gasteiger partial charge in [-0.2, -0.15) is 5.10 Å². The molecule has 3 aromatic rings. The Bertz CT molecular complexity index is 988. The van der Waals surface area contributed by atoms with Gasteiger partial charge in [0.05, 0.1) is 5.69 Å². The third-order valence-electron chi connectivity index (χ3n) is 3.42. The number of amides is 1. The number of nitrogens with one attached hydrogen (secondary N) is 1. The molecule has 2 aromatic carbocycles. The minimum Gasteiger partial charge on any atom is -0.324 e. The highest BCUT2D eigenvalue weighted by atomic mass is 35.5. The summed E-state index contributed by atoms with van der Waals surface area (Å²) in [4.78, 5) is 24.1. The van der Waals surface area contributed by atoms with E-state index in [1.54, 1.807) is 42.5 Å². The number of rotatable bonds is 4. The lowest BCUT2D eigenvalue weighted by Gasteiger charge is -2.09. The topological polar surface area (TPSA) is 64.0 Å². The lowest BCUT2D eigenvalue weighted by Crippen LogP contribution is -2.29. The summed E-state index contributed by atoms with van der Waals surface area (Å²) >= 11 is 5.86. The van der Waals surface area contributed by atoms with Gasteiger partial charge in [-0.25, -0.2) is 9.07 Å². The Labute approximate surface area is 147 Å². The molecule has 5 nitrogen and oxygen atoms in total. The van der Waals surface area contributed by atoms with E-state index < -0.39 is 17.3 Å². The molecule has 0 aliphatic carbocycles. The molecular formula is C18H13ClFN3O2. The Hall–Kier alpha value is -2.99. The fourth-order valence-corrected chi connectivity index (χ4v) is 2.47. The molecule has 0 saturated carbocycles. The summed E-state index contributed by atoms with van der Waals surface area (Å²) in [5.74, 6) is -0.897. The number of benzene rings is 2. The molecule has 0 unspecified atom stereocenters. The van der Waals surface area contributed by atoms with Crippen LogP contribution in [0.5, 0.6) is 0 Å². The molecule has 1 N–H and O–H groups in total. The van der Waals surface area contributed by atoms with Crippen molar-refractivity contribution in [1.82, 2.24) is 9.78 Å². The Kier molecular flexibility index (Phi) is 4.90. The predicted molar refractivity (Wildman–Crippen MR) is 94.0 cm³/mol. The Morgan fingerprint density at radius 1 is 1.12 bits per heavy atom. The number of nitrogens with zero attached hydrogens (tertiary/aromatic N) is 2. The molecule has 0 atom stereocenters. The average molecular weight is 358 g/mol. The largest absolute Gasteiger partial charge is 0.324 e. The van der Waals surface area contributed by atoms with E-state index in [9.17, 15) is 14.0 Å². The quantitative estimate of drug-likeness (QED) is 0.778. The summed E-state index contributed by atoms with van der Waals surface area (Å²) in [7, 11) is 0. The van der Waals surface area contributed by atoms with Crippen molar-refractivity contribution in [3.8, 4) is 11.3 Å². The van der Waals surface area contributed by atoms with Gasteiger partial charge in [-0.3, -0.25) is 9.59 Å². The van der Waals surface area contributed by atoms with Crippen LogP contribution in [0.4, 0.5) is 10.1 Å². The van der Waals surface area contributed by atoms with E-state index in [4.69, 9.17) is 11.6 Å². The molecule has 0 bridgehead atoms. The maximum absolute atomic E-state index is 13.9. The second kappa shape index (κ2) is 7.27. The van der Waals surface area contributed by atoms with Crippen molar-refractivity contribution in [1.29, 1.82) is 0 Å². The second-order valence-corrected chi connectivity index (χ2v) is 5.69. The first kappa shape index (κ1) is 16.9. The van der Waals surface area contributed by atoms with Crippen LogP contribution in [0.25, 0.3) is 11.3 Å². The highest BCUT2D eigenvalue weighted by Crippen LogP contribution is 2.19. The normalized spacial score (nSPS) is 10.5. The Morgan fingerprint density at radius 2 is 1.92 bits per heavy atom. The predicted octanol–water partition coefficient (Wildman–Crippen LogP) is 3.34. The molecule has 3 rings (SSSR count). The zero-order chi connectivity index (χ0) is 17.8. The third kappa shape index (κ3) is 4.10. The first-order valence-corrected chi connectivity index (χ1v) is 7.79. The minimum absolute atomic E-state index is 0.256. The fourth-order valence-electron chi connectivity index (χ4n) is 2.28. The number of aromatic nitrogens is 2.